The van der Waals surface area contributed by atoms with E-state index < -0.39 is 11.9 Å². The molecule has 0 saturated carbocycles. The highest BCUT2D eigenvalue weighted by Gasteiger charge is 2.23. The molecule has 1 amide bonds. The molecule has 0 saturated heterocycles. The number of azo groups is 1. The Morgan fingerprint density at radius 1 is 0.913 bits per heavy atom. The van der Waals surface area contributed by atoms with Crippen LogP contribution in [0.25, 0.3) is 0 Å². The molecule has 0 heterocycles. The van der Waals surface area contributed by atoms with Crippen LogP contribution >= 0.6 is 0 Å². The molecule has 0 aliphatic rings. The molecule has 0 fully saturated rings. The minimum Gasteiger partial charge on any atom is -0.324 e. The van der Waals surface area contributed by atoms with Crippen molar-refractivity contribution in [1.29, 1.82) is 0 Å². The van der Waals surface area contributed by atoms with Gasteiger partial charge >= 0.3 is 0 Å². The Labute approximate surface area is 136 Å². The van der Waals surface area contributed by atoms with Gasteiger partial charge in [0, 0.05) is 5.69 Å². The second kappa shape index (κ2) is 10.00. The van der Waals surface area contributed by atoms with Gasteiger partial charge in [-0.1, -0.05) is 50.2 Å². The molecule has 2 rings (SSSR count). The van der Waals surface area contributed by atoms with Crippen molar-refractivity contribution in [2.24, 2.45) is 10.2 Å². The molecule has 0 aliphatic carbocycles. The van der Waals surface area contributed by atoms with Crippen LogP contribution < -0.4 is 5.32 Å². The molecule has 5 nitrogen and oxygen atoms in total. The summed E-state index contributed by atoms with van der Waals surface area (Å²) in [5, 5.41) is 10.4. The Hall–Kier alpha value is -2.82. The number of anilines is 1. The fourth-order valence-corrected chi connectivity index (χ4v) is 1.67. The summed E-state index contributed by atoms with van der Waals surface area (Å²) in [4.78, 5) is 23.7. The first kappa shape index (κ1) is 18.2. The molecule has 23 heavy (non-hydrogen) atoms. The fourth-order valence-electron chi connectivity index (χ4n) is 1.67. The predicted octanol–water partition coefficient (Wildman–Crippen LogP) is 4.39. The number of para-hydroxylation sites is 1. The average Bonchev–Trinajstić information content (AvgIpc) is 2.58. The van der Waals surface area contributed by atoms with E-state index in [0.29, 0.717) is 11.4 Å². The average molecular weight is 311 g/mol. The highest BCUT2D eigenvalue weighted by atomic mass is 16.2. The van der Waals surface area contributed by atoms with Crippen molar-refractivity contribution in [3.63, 3.8) is 0 Å². The SMILES string of the molecule is CC.CC(=O)C(N=Nc1ccccc1)C(=O)Nc1ccccc1. The second-order valence-electron chi connectivity index (χ2n) is 4.42. The lowest BCUT2D eigenvalue weighted by Crippen LogP contribution is -2.31. The quantitative estimate of drug-likeness (QED) is 0.657. The van der Waals surface area contributed by atoms with Crippen LogP contribution in [-0.4, -0.2) is 17.7 Å². The van der Waals surface area contributed by atoms with Gasteiger partial charge in [0.15, 0.2) is 5.78 Å². The molecule has 2 aromatic rings. The summed E-state index contributed by atoms with van der Waals surface area (Å²) in [6.07, 6.45) is 0. The van der Waals surface area contributed by atoms with Crippen LogP contribution in [0.1, 0.15) is 20.8 Å². The van der Waals surface area contributed by atoms with Crippen molar-refractivity contribution in [2.75, 3.05) is 5.32 Å². The molecule has 1 unspecified atom stereocenters. The number of nitrogens with one attached hydrogen (secondary N) is 1. The van der Waals surface area contributed by atoms with Crippen molar-refractivity contribution < 1.29 is 9.59 Å². The summed E-state index contributed by atoms with van der Waals surface area (Å²) in [5.41, 5.74) is 1.21. The van der Waals surface area contributed by atoms with Crippen LogP contribution in [0.15, 0.2) is 70.9 Å². The van der Waals surface area contributed by atoms with E-state index in [1.807, 2.05) is 26.0 Å². The van der Waals surface area contributed by atoms with Crippen LogP contribution in [-0.2, 0) is 9.59 Å². The van der Waals surface area contributed by atoms with Gasteiger partial charge in [0.2, 0.25) is 6.04 Å². The van der Waals surface area contributed by atoms with Crippen LogP contribution in [0.5, 0.6) is 0 Å². The largest absolute Gasteiger partial charge is 0.324 e. The highest BCUT2D eigenvalue weighted by molar-refractivity contribution is 6.10. The third-order valence-corrected chi connectivity index (χ3v) is 2.72. The number of rotatable bonds is 5. The van der Waals surface area contributed by atoms with Gasteiger partial charge in [-0.05, 0) is 31.2 Å². The monoisotopic (exact) mass is 311 g/mol. The summed E-state index contributed by atoms with van der Waals surface area (Å²) in [6, 6.07) is 16.7. The normalized spacial score (nSPS) is 11.3. The summed E-state index contributed by atoms with van der Waals surface area (Å²) < 4.78 is 0. The van der Waals surface area contributed by atoms with E-state index in [0.717, 1.165) is 0 Å². The van der Waals surface area contributed by atoms with Gasteiger partial charge in [0.05, 0.1) is 5.69 Å². The lowest BCUT2D eigenvalue weighted by atomic mass is 10.2. The van der Waals surface area contributed by atoms with Gasteiger partial charge in [-0.15, -0.1) is 0 Å². The van der Waals surface area contributed by atoms with Crippen LogP contribution in [0, 0.1) is 0 Å². The molecular formula is C18H21N3O2. The Bertz CT molecular complexity index is 640. The summed E-state index contributed by atoms with van der Waals surface area (Å²) in [6.45, 7) is 5.32. The Morgan fingerprint density at radius 3 is 1.96 bits per heavy atom. The molecular weight excluding hydrogens is 290 g/mol. The Balaban J connectivity index is 0.00000127. The smallest absolute Gasteiger partial charge is 0.258 e. The molecule has 0 radical (unpaired) electrons. The zero-order valence-corrected chi connectivity index (χ0v) is 13.6. The molecule has 5 heteroatoms. The number of Topliss-reactive ketones (excluding diaryl/α,β-unsaturated/α-hetero) is 1. The van der Waals surface area contributed by atoms with Crippen LogP contribution in [0.3, 0.4) is 0 Å². The van der Waals surface area contributed by atoms with Crippen molar-refractivity contribution in [3.8, 4) is 0 Å². The van der Waals surface area contributed by atoms with E-state index in [1.54, 1.807) is 48.5 Å². The number of ketones is 1. The highest BCUT2D eigenvalue weighted by Crippen LogP contribution is 2.13. The second-order valence-corrected chi connectivity index (χ2v) is 4.42. The summed E-state index contributed by atoms with van der Waals surface area (Å²) in [5.74, 6) is -0.850. The Kier molecular flexibility index (Phi) is 7.92. The first-order valence-electron chi connectivity index (χ1n) is 7.49. The molecule has 1 N–H and O–H groups in total. The molecule has 2 aromatic carbocycles. The molecule has 120 valence electrons. The molecule has 0 aliphatic heterocycles. The number of benzene rings is 2. The maximum absolute atomic E-state index is 12.1. The van der Waals surface area contributed by atoms with E-state index in [-0.39, 0.29) is 5.78 Å². The number of hydrogen-bond donors (Lipinski definition) is 1. The van der Waals surface area contributed by atoms with Gasteiger partial charge in [0.1, 0.15) is 0 Å². The van der Waals surface area contributed by atoms with E-state index in [4.69, 9.17) is 0 Å². The van der Waals surface area contributed by atoms with Gasteiger partial charge in [-0.2, -0.15) is 10.2 Å². The van der Waals surface area contributed by atoms with Gasteiger partial charge in [0.25, 0.3) is 5.91 Å². The third-order valence-electron chi connectivity index (χ3n) is 2.72. The maximum Gasteiger partial charge on any atom is 0.258 e. The Morgan fingerprint density at radius 2 is 1.43 bits per heavy atom. The van der Waals surface area contributed by atoms with E-state index in [2.05, 4.69) is 15.5 Å². The predicted molar refractivity (Wildman–Crippen MR) is 91.8 cm³/mol. The van der Waals surface area contributed by atoms with Crippen molar-refractivity contribution >= 4 is 23.1 Å². The minimum atomic E-state index is -1.15. The van der Waals surface area contributed by atoms with Crippen molar-refractivity contribution in [1.82, 2.24) is 0 Å². The topological polar surface area (TPSA) is 70.9 Å². The van der Waals surface area contributed by atoms with E-state index >= 15 is 0 Å². The molecule has 0 spiro atoms. The first-order valence-corrected chi connectivity index (χ1v) is 7.49. The molecule has 1 atom stereocenters. The van der Waals surface area contributed by atoms with Crippen LogP contribution in [0.2, 0.25) is 0 Å². The number of hydrogen-bond acceptors (Lipinski definition) is 4. The zero-order chi connectivity index (χ0) is 17.1. The minimum absolute atomic E-state index is 0.358. The number of carbonyl (C=O) groups is 2. The first-order chi connectivity index (χ1) is 11.2. The van der Waals surface area contributed by atoms with E-state index in [9.17, 15) is 9.59 Å². The summed E-state index contributed by atoms with van der Waals surface area (Å²) >= 11 is 0. The number of nitrogens with zero attached hydrogens (tertiary/aromatic N) is 2. The van der Waals surface area contributed by atoms with Crippen LogP contribution in [0.4, 0.5) is 11.4 Å². The lowest BCUT2D eigenvalue weighted by molar-refractivity contribution is -0.126. The van der Waals surface area contributed by atoms with Gasteiger partial charge in [-0.25, -0.2) is 0 Å². The fraction of sp³-hybridized carbons (Fsp3) is 0.222. The maximum atomic E-state index is 12.1. The standard InChI is InChI=1S/C16H15N3O2.C2H6/c1-12(20)15(19-18-14-10-6-3-7-11-14)16(21)17-13-8-4-2-5-9-13;1-2/h2-11,15H,1H3,(H,17,21);1-2H3. The number of amides is 1. The van der Waals surface area contributed by atoms with Gasteiger partial charge in [-0.3, -0.25) is 9.59 Å². The summed E-state index contributed by atoms with van der Waals surface area (Å²) in [7, 11) is 0. The zero-order valence-electron chi connectivity index (χ0n) is 13.6. The third kappa shape index (κ3) is 6.22. The van der Waals surface area contributed by atoms with E-state index in [1.165, 1.54) is 6.92 Å². The lowest BCUT2D eigenvalue weighted by Gasteiger charge is -2.09. The van der Waals surface area contributed by atoms with Crippen molar-refractivity contribution in [2.45, 2.75) is 26.8 Å². The molecule has 0 aromatic heterocycles. The van der Waals surface area contributed by atoms with Crippen molar-refractivity contribution in [3.05, 3.63) is 60.7 Å². The van der Waals surface area contributed by atoms with Gasteiger partial charge < -0.3 is 5.32 Å². The molecule has 0 bridgehead atoms. The number of carbonyl (C=O) groups excluding carboxylic acids is 2.